The fraction of sp³-hybridized carbons (Fsp3) is 0.348. The molecule has 0 bridgehead atoms. The molecule has 1 fully saturated rings. The lowest BCUT2D eigenvalue weighted by molar-refractivity contribution is -0.128. The number of carbonyl (C=O) groups excluding carboxylic acids is 2. The van der Waals surface area contributed by atoms with Gasteiger partial charge in [-0.3, -0.25) is 14.5 Å². The number of nitrogens with zero attached hydrogens (tertiary/aromatic N) is 2. The summed E-state index contributed by atoms with van der Waals surface area (Å²) in [4.78, 5) is 32.0. The van der Waals surface area contributed by atoms with Crippen molar-refractivity contribution in [1.82, 2.24) is 4.90 Å². The molecule has 3 rings (SSSR count). The molecule has 1 aliphatic rings. The highest BCUT2D eigenvalue weighted by Gasteiger charge is 2.39. The average molecular weight is 426 g/mol. The molecule has 2 aromatic rings. The van der Waals surface area contributed by atoms with Crippen LogP contribution in [0.2, 0.25) is 0 Å². The second kappa shape index (κ2) is 9.91. The predicted octanol–water partition coefficient (Wildman–Crippen LogP) is 4.22. The number of aryl methyl sites for hydroxylation is 2. The predicted molar refractivity (Wildman–Crippen MR) is 122 cm³/mol. The SMILES string of the molecule is COCCN1C(=O)[C@H](CC(=O)Nc2ccccc2C)SC1=Nc1cccc(C)c1C. The van der Waals surface area contributed by atoms with Crippen LogP contribution in [0.3, 0.4) is 0 Å². The van der Waals surface area contributed by atoms with Crippen molar-refractivity contribution in [2.75, 3.05) is 25.6 Å². The summed E-state index contributed by atoms with van der Waals surface area (Å²) in [7, 11) is 1.60. The van der Waals surface area contributed by atoms with Crippen molar-refractivity contribution in [2.45, 2.75) is 32.4 Å². The molecule has 7 heteroatoms. The number of carbonyl (C=O) groups is 2. The van der Waals surface area contributed by atoms with Crippen molar-refractivity contribution in [3.8, 4) is 0 Å². The van der Waals surface area contributed by atoms with E-state index in [2.05, 4.69) is 5.32 Å². The van der Waals surface area contributed by atoms with E-state index < -0.39 is 5.25 Å². The van der Waals surface area contributed by atoms with Gasteiger partial charge in [0.1, 0.15) is 5.25 Å². The number of thioether (sulfide) groups is 1. The molecule has 158 valence electrons. The Balaban J connectivity index is 1.79. The number of para-hydroxylation sites is 1. The van der Waals surface area contributed by atoms with Gasteiger partial charge in [0.15, 0.2) is 5.17 Å². The van der Waals surface area contributed by atoms with E-state index in [0.29, 0.717) is 18.3 Å². The van der Waals surface area contributed by atoms with Crippen LogP contribution in [-0.2, 0) is 14.3 Å². The van der Waals surface area contributed by atoms with E-state index in [1.807, 2.05) is 63.2 Å². The molecule has 1 N–H and O–H groups in total. The van der Waals surface area contributed by atoms with Gasteiger partial charge in [-0.1, -0.05) is 42.1 Å². The summed E-state index contributed by atoms with van der Waals surface area (Å²) < 4.78 is 5.16. The molecule has 1 saturated heterocycles. The standard InChI is InChI=1S/C23H27N3O3S/c1-15-9-7-11-19(17(15)3)25-23-26(12-13-29-4)22(28)20(30-23)14-21(27)24-18-10-6-5-8-16(18)2/h5-11,20H,12-14H2,1-4H3,(H,24,27)/t20-/m0/s1. The average Bonchev–Trinajstić information content (AvgIpc) is 3.00. The van der Waals surface area contributed by atoms with Gasteiger partial charge in [0.2, 0.25) is 11.8 Å². The van der Waals surface area contributed by atoms with Crippen molar-refractivity contribution in [3.05, 3.63) is 59.2 Å². The van der Waals surface area contributed by atoms with Gasteiger partial charge >= 0.3 is 0 Å². The third-order valence-electron chi connectivity index (χ3n) is 5.12. The lowest BCUT2D eigenvalue weighted by Gasteiger charge is -2.16. The van der Waals surface area contributed by atoms with Crippen LogP contribution in [0.25, 0.3) is 0 Å². The second-order valence-corrected chi connectivity index (χ2v) is 8.44. The lowest BCUT2D eigenvalue weighted by Crippen LogP contribution is -2.35. The minimum absolute atomic E-state index is 0.0904. The number of amidine groups is 1. The van der Waals surface area contributed by atoms with Crippen LogP contribution in [-0.4, -0.2) is 47.4 Å². The maximum Gasteiger partial charge on any atom is 0.242 e. The van der Waals surface area contributed by atoms with Crippen LogP contribution in [0.5, 0.6) is 0 Å². The highest BCUT2D eigenvalue weighted by molar-refractivity contribution is 8.15. The summed E-state index contributed by atoms with van der Waals surface area (Å²) >= 11 is 1.34. The Labute approximate surface area is 181 Å². The van der Waals surface area contributed by atoms with E-state index in [-0.39, 0.29) is 18.2 Å². The number of ether oxygens (including phenoxy) is 1. The first kappa shape index (κ1) is 22.1. The van der Waals surface area contributed by atoms with E-state index in [4.69, 9.17) is 9.73 Å². The number of hydrogen-bond acceptors (Lipinski definition) is 5. The van der Waals surface area contributed by atoms with Gasteiger partial charge in [0.05, 0.1) is 18.8 Å². The number of hydrogen-bond donors (Lipinski definition) is 1. The minimum atomic E-state index is -0.505. The first-order chi connectivity index (χ1) is 14.4. The molecule has 1 atom stereocenters. The summed E-state index contributed by atoms with van der Waals surface area (Å²) in [5, 5.41) is 3.01. The van der Waals surface area contributed by atoms with Gasteiger partial charge in [-0.2, -0.15) is 0 Å². The van der Waals surface area contributed by atoms with Gasteiger partial charge in [-0.25, -0.2) is 4.99 Å². The summed E-state index contributed by atoms with van der Waals surface area (Å²) in [6.07, 6.45) is 0.0904. The highest BCUT2D eigenvalue weighted by Crippen LogP contribution is 2.33. The first-order valence-electron chi connectivity index (χ1n) is 9.88. The number of methoxy groups -OCH3 is 1. The summed E-state index contributed by atoms with van der Waals surface area (Å²) in [6, 6.07) is 13.5. The van der Waals surface area contributed by atoms with Crippen LogP contribution in [0, 0.1) is 20.8 Å². The quantitative estimate of drug-likeness (QED) is 0.721. The van der Waals surface area contributed by atoms with Crippen molar-refractivity contribution < 1.29 is 14.3 Å². The topological polar surface area (TPSA) is 71.0 Å². The van der Waals surface area contributed by atoms with Crippen LogP contribution in [0.4, 0.5) is 11.4 Å². The Morgan fingerprint density at radius 3 is 2.60 bits per heavy atom. The lowest BCUT2D eigenvalue weighted by atomic mass is 10.1. The summed E-state index contributed by atoms with van der Waals surface area (Å²) in [5.74, 6) is -0.295. The first-order valence-corrected chi connectivity index (χ1v) is 10.8. The summed E-state index contributed by atoms with van der Waals surface area (Å²) in [5.41, 5.74) is 4.79. The van der Waals surface area contributed by atoms with E-state index in [1.54, 1.807) is 12.0 Å². The van der Waals surface area contributed by atoms with Gasteiger partial charge in [0, 0.05) is 19.2 Å². The van der Waals surface area contributed by atoms with E-state index >= 15 is 0 Å². The fourth-order valence-electron chi connectivity index (χ4n) is 3.16. The normalized spacial score (nSPS) is 17.6. The molecule has 2 aromatic carbocycles. The fourth-order valence-corrected chi connectivity index (χ4v) is 4.33. The Bertz CT molecular complexity index is 974. The number of anilines is 1. The number of benzene rings is 2. The Kier molecular flexibility index (Phi) is 7.29. The summed E-state index contributed by atoms with van der Waals surface area (Å²) in [6.45, 7) is 6.80. The molecule has 0 aromatic heterocycles. The molecule has 1 aliphatic heterocycles. The number of rotatable bonds is 7. The van der Waals surface area contributed by atoms with Crippen LogP contribution < -0.4 is 5.32 Å². The maximum absolute atomic E-state index is 13.0. The minimum Gasteiger partial charge on any atom is -0.383 e. The zero-order chi connectivity index (χ0) is 21.7. The van der Waals surface area contributed by atoms with E-state index in [9.17, 15) is 9.59 Å². The van der Waals surface area contributed by atoms with Crippen molar-refractivity contribution in [1.29, 1.82) is 0 Å². The monoisotopic (exact) mass is 425 g/mol. The zero-order valence-corrected chi connectivity index (χ0v) is 18.6. The van der Waals surface area contributed by atoms with E-state index in [0.717, 1.165) is 28.1 Å². The van der Waals surface area contributed by atoms with Gasteiger partial charge < -0.3 is 10.1 Å². The molecule has 0 spiro atoms. The van der Waals surface area contributed by atoms with Crippen molar-refractivity contribution in [2.24, 2.45) is 4.99 Å². The molecule has 30 heavy (non-hydrogen) atoms. The molecule has 0 unspecified atom stereocenters. The molecule has 0 aliphatic carbocycles. The molecule has 1 heterocycles. The molecular formula is C23H27N3O3S. The largest absolute Gasteiger partial charge is 0.383 e. The van der Waals surface area contributed by atoms with Crippen LogP contribution >= 0.6 is 11.8 Å². The Hall–Kier alpha value is -2.64. The third kappa shape index (κ3) is 5.09. The Morgan fingerprint density at radius 2 is 1.87 bits per heavy atom. The van der Waals surface area contributed by atoms with Gasteiger partial charge in [-0.15, -0.1) is 0 Å². The third-order valence-corrected chi connectivity index (χ3v) is 6.30. The molecular weight excluding hydrogens is 398 g/mol. The second-order valence-electron chi connectivity index (χ2n) is 7.27. The number of amides is 2. The molecule has 0 saturated carbocycles. The molecule has 2 amide bonds. The smallest absolute Gasteiger partial charge is 0.242 e. The van der Waals surface area contributed by atoms with Gasteiger partial charge in [0.25, 0.3) is 0 Å². The van der Waals surface area contributed by atoms with Crippen molar-refractivity contribution in [3.63, 3.8) is 0 Å². The van der Waals surface area contributed by atoms with Gasteiger partial charge in [-0.05, 0) is 49.6 Å². The Morgan fingerprint density at radius 1 is 1.13 bits per heavy atom. The molecule has 0 radical (unpaired) electrons. The zero-order valence-electron chi connectivity index (χ0n) is 17.8. The van der Waals surface area contributed by atoms with Crippen molar-refractivity contribution >= 4 is 40.1 Å². The van der Waals surface area contributed by atoms with Crippen LogP contribution in [0.1, 0.15) is 23.1 Å². The number of nitrogens with one attached hydrogen (secondary N) is 1. The molecule has 6 nitrogen and oxygen atoms in total. The van der Waals surface area contributed by atoms with E-state index in [1.165, 1.54) is 11.8 Å². The maximum atomic E-state index is 13.0. The highest BCUT2D eigenvalue weighted by atomic mass is 32.2. The number of aliphatic imine (C=N–C) groups is 1. The van der Waals surface area contributed by atoms with Crippen LogP contribution in [0.15, 0.2) is 47.5 Å².